The van der Waals surface area contributed by atoms with Gasteiger partial charge in [-0.05, 0) is 43.9 Å². The molecule has 3 heteroatoms. The molecule has 100 valence electrons. The number of nitrogens with one attached hydrogen (secondary N) is 1. The molecule has 0 saturated carbocycles. The van der Waals surface area contributed by atoms with Crippen molar-refractivity contribution >= 4 is 0 Å². The van der Waals surface area contributed by atoms with Crippen molar-refractivity contribution in [3.63, 3.8) is 0 Å². The highest BCUT2D eigenvalue weighted by atomic mass is 15.3. The first-order valence-electron chi connectivity index (χ1n) is 7.05. The summed E-state index contributed by atoms with van der Waals surface area (Å²) in [7, 11) is 0. The molecule has 0 radical (unpaired) electrons. The first kappa shape index (κ1) is 12.4. The van der Waals surface area contributed by atoms with Crippen molar-refractivity contribution in [2.24, 2.45) is 0 Å². The van der Waals surface area contributed by atoms with E-state index in [9.17, 15) is 0 Å². The zero-order valence-electron chi connectivity index (χ0n) is 11.6. The van der Waals surface area contributed by atoms with Gasteiger partial charge in [-0.3, -0.25) is 4.68 Å². The summed E-state index contributed by atoms with van der Waals surface area (Å²) >= 11 is 0. The molecule has 0 amide bonds. The highest BCUT2D eigenvalue weighted by molar-refractivity contribution is 5.37. The van der Waals surface area contributed by atoms with Gasteiger partial charge < -0.3 is 5.32 Å². The fourth-order valence-corrected chi connectivity index (χ4v) is 2.98. The van der Waals surface area contributed by atoms with E-state index in [4.69, 9.17) is 0 Å². The number of nitrogens with zero attached hydrogens (tertiary/aromatic N) is 2. The van der Waals surface area contributed by atoms with Gasteiger partial charge in [0.2, 0.25) is 0 Å². The average molecular weight is 255 g/mol. The maximum absolute atomic E-state index is 4.27. The van der Waals surface area contributed by atoms with Gasteiger partial charge in [-0.2, -0.15) is 5.10 Å². The zero-order chi connectivity index (χ0) is 13.2. The maximum Gasteiger partial charge on any atom is 0.0560 e. The quantitative estimate of drug-likeness (QED) is 0.910. The van der Waals surface area contributed by atoms with Gasteiger partial charge in [0.25, 0.3) is 0 Å². The van der Waals surface area contributed by atoms with Gasteiger partial charge in [0.1, 0.15) is 0 Å². The summed E-state index contributed by atoms with van der Waals surface area (Å²) in [6.07, 6.45) is 6.26. The standard InChI is InChI=1S/C16H21N3/c1-12-4-5-14-6-7-16(15(14)10-12)18-13(2)11-19-9-3-8-17-19/h3-5,8-10,13,16,18H,6-7,11H2,1-2H3. The topological polar surface area (TPSA) is 29.9 Å². The first-order chi connectivity index (χ1) is 9.22. The van der Waals surface area contributed by atoms with Gasteiger partial charge in [0, 0.05) is 24.5 Å². The molecule has 0 bridgehead atoms. The fourth-order valence-electron chi connectivity index (χ4n) is 2.98. The summed E-state index contributed by atoms with van der Waals surface area (Å²) in [5.74, 6) is 0. The lowest BCUT2D eigenvalue weighted by molar-refractivity contribution is 0.398. The molecular formula is C16H21N3. The minimum atomic E-state index is 0.427. The number of fused-ring (bicyclic) bond motifs is 1. The molecule has 19 heavy (non-hydrogen) atoms. The second kappa shape index (κ2) is 5.17. The lowest BCUT2D eigenvalue weighted by atomic mass is 10.0. The molecule has 2 atom stereocenters. The van der Waals surface area contributed by atoms with Crippen LogP contribution < -0.4 is 5.32 Å². The van der Waals surface area contributed by atoms with E-state index in [1.165, 1.54) is 29.5 Å². The van der Waals surface area contributed by atoms with Crippen LogP contribution in [-0.2, 0) is 13.0 Å². The number of hydrogen-bond acceptors (Lipinski definition) is 2. The lowest BCUT2D eigenvalue weighted by Gasteiger charge is -2.20. The molecule has 0 aliphatic heterocycles. The molecule has 3 nitrogen and oxygen atoms in total. The Hall–Kier alpha value is -1.61. The Bertz CT molecular complexity index is 545. The molecule has 3 rings (SSSR count). The Morgan fingerprint density at radius 2 is 2.37 bits per heavy atom. The van der Waals surface area contributed by atoms with Crippen LogP contribution >= 0.6 is 0 Å². The molecule has 1 aromatic carbocycles. The van der Waals surface area contributed by atoms with Gasteiger partial charge in [0.05, 0.1) is 6.54 Å². The van der Waals surface area contributed by atoms with Crippen LogP contribution in [0, 0.1) is 6.92 Å². The van der Waals surface area contributed by atoms with Crippen molar-refractivity contribution in [3.05, 3.63) is 53.3 Å². The third-order valence-electron chi connectivity index (χ3n) is 3.88. The monoisotopic (exact) mass is 255 g/mol. The number of benzene rings is 1. The molecule has 1 aromatic heterocycles. The van der Waals surface area contributed by atoms with E-state index in [-0.39, 0.29) is 0 Å². The van der Waals surface area contributed by atoms with Crippen molar-refractivity contribution in [3.8, 4) is 0 Å². The van der Waals surface area contributed by atoms with Crippen molar-refractivity contribution in [2.75, 3.05) is 0 Å². The predicted octanol–water partition coefficient (Wildman–Crippen LogP) is 2.86. The summed E-state index contributed by atoms with van der Waals surface area (Å²) < 4.78 is 1.99. The van der Waals surface area contributed by atoms with E-state index in [0.29, 0.717) is 12.1 Å². The highest BCUT2D eigenvalue weighted by Crippen LogP contribution is 2.32. The van der Waals surface area contributed by atoms with E-state index in [2.05, 4.69) is 42.5 Å². The summed E-state index contributed by atoms with van der Waals surface area (Å²) in [5.41, 5.74) is 4.36. The van der Waals surface area contributed by atoms with Crippen LogP contribution in [0.1, 0.15) is 36.1 Å². The third-order valence-corrected chi connectivity index (χ3v) is 3.88. The van der Waals surface area contributed by atoms with Gasteiger partial charge in [-0.15, -0.1) is 0 Å². The molecule has 2 aromatic rings. The van der Waals surface area contributed by atoms with E-state index in [1.807, 2.05) is 23.1 Å². The zero-order valence-corrected chi connectivity index (χ0v) is 11.6. The summed E-state index contributed by atoms with van der Waals surface area (Å²) in [6, 6.07) is 9.73. The number of aromatic nitrogens is 2. The molecule has 2 unspecified atom stereocenters. The summed E-state index contributed by atoms with van der Waals surface area (Å²) in [4.78, 5) is 0. The van der Waals surface area contributed by atoms with Gasteiger partial charge in [-0.25, -0.2) is 0 Å². The number of hydrogen-bond donors (Lipinski definition) is 1. The average Bonchev–Trinajstić information content (AvgIpc) is 3.00. The van der Waals surface area contributed by atoms with Gasteiger partial charge in [0.15, 0.2) is 0 Å². The SMILES string of the molecule is Cc1ccc2c(c1)C(NC(C)Cn1cccn1)CC2. The minimum absolute atomic E-state index is 0.427. The molecule has 1 aliphatic carbocycles. The predicted molar refractivity (Wildman–Crippen MR) is 77.1 cm³/mol. The summed E-state index contributed by atoms with van der Waals surface area (Å²) in [6.45, 7) is 5.32. The smallest absolute Gasteiger partial charge is 0.0560 e. The van der Waals surface area contributed by atoms with Crippen molar-refractivity contribution in [2.45, 2.75) is 45.3 Å². The first-order valence-corrected chi connectivity index (χ1v) is 7.05. The Morgan fingerprint density at radius 1 is 1.47 bits per heavy atom. The molecule has 0 fully saturated rings. The van der Waals surface area contributed by atoms with Crippen LogP contribution in [-0.4, -0.2) is 15.8 Å². The summed E-state index contributed by atoms with van der Waals surface area (Å²) in [5, 5.41) is 8.01. The van der Waals surface area contributed by atoms with Crippen LogP contribution in [0.3, 0.4) is 0 Å². The van der Waals surface area contributed by atoms with Crippen molar-refractivity contribution in [1.29, 1.82) is 0 Å². The molecule has 0 saturated heterocycles. The second-order valence-corrected chi connectivity index (χ2v) is 5.59. The van der Waals surface area contributed by atoms with Crippen molar-refractivity contribution < 1.29 is 0 Å². The number of rotatable bonds is 4. The van der Waals surface area contributed by atoms with Gasteiger partial charge >= 0.3 is 0 Å². The normalized spacial score (nSPS) is 19.4. The van der Waals surface area contributed by atoms with E-state index in [1.54, 1.807) is 0 Å². The number of aryl methyl sites for hydroxylation is 2. The maximum atomic E-state index is 4.27. The van der Waals surface area contributed by atoms with E-state index in [0.717, 1.165) is 6.54 Å². The Morgan fingerprint density at radius 3 is 3.16 bits per heavy atom. The van der Waals surface area contributed by atoms with Crippen LogP contribution in [0.15, 0.2) is 36.7 Å². The van der Waals surface area contributed by atoms with Crippen LogP contribution in [0.4, 0.5) is 0 Å². The molecule has 1 aliphatic rings. The van der Waals surface area contributed by atoms with Crippen molar-refractivity contribution in [1.82, 2.24) is 15.1 Å². The second-order valence-electron chi connectivity index (χ2n) is 5.59. The van der Waals surface area contributed by atoms with Crippen LogP contribution in [0.2, 0.25) is 0 Å². The molecule has 0 spiro atoms. The van der Waals surface area contributed by atoms with E-state index < -0.39 is 0 Å². The van der Waals surface area contributed by atoms with Crippen LogP contribution in [0.25, 0.3) is 0 Å². The molecular weight excluding hydrogens is 234 g/mol. The largest absolute Gasteiger partial charge is 0.306 e. The highest BCUT2D eigenvalue weighted by Gasteiger charge is 2.23. The Labute approximate surface area is 114 Å². The Balaban J connectivity index is 1.67. The Kier molecular flexibility index (Phi) is 3.38. The van der Waals surface area contributed by atoms with E-state index >= 15 is 0 Å². The third kappa shape index (κ3) is 2.71. The fraction of sp³-hybridized carbons (Fsp3) is 0.438. The van der Waals surface area contributed by atoms with Crippen LogP contribution in [0.5, 0.6) is 0 Å². The molecule has 1 N–H and O–H groups in total. The minimum Gasteiger partial charge on any atom is -0.306 e. The van der Waals surface area contributed by atoms with Gasteiger partial charge in [-0.1, -0.05) is 23.8 Å². The lowest BCUT2D eigenvalue weighted by Crippen LogP contribution is -2.33. The molecule has 1 heterocycles.